The maximum absolute atomic E-state index is 12.8. The minimum Gasteiger partial charge on any atom is -0.283 e. The lowest BCUT2D eigenvalue weighted by molar-refractivity contribution is 0.637. The molecular weight excluding hydrogens is 342 g/mol. The number of aromatic nitrogens is 5. The molecule has 0 bridgehead atoms. The van der Waals surface area contributed by atoms with Crippen LogP contribution in [0.5, 0.6) is 0 Å². The molecule has 0 saturated carbocycles. The largest absolute Gasteiger partial charge is 0.332 e. The quantitative estimate of drug-likeness (QED) is 0.552. The monoisotopic (exact) mass is 357 g/mol. The van der Waals surface area contributed by atoms with Crippen molar-refractivity contribution in [3.8, 4) is 5.69 Å². The van der Waals surface area contributed by atoms with Crippen LogP contribution in [0.15, 0.2) is 40.1 Å². The van der Waals surface area contributed by atoms with Crippen LogP contribution < -0.4 is 11.2 Å². The van der Waals surface area contributed by atoms with E-state index < -0.39 is 0 Å². The number of aryl methyl sites for hydroxylation is 2. The third-order valence-corrected chi connectivity index (χ3v) is 4.64. The van der Waals surface area contributed by atoms with Crippen LogP contribution in [0.2, 0.25) is 5.02 Å². The van der Waals surface area contributed by atoms with Crippen molar-refractivity contribution in [1.29, 1.82) is 0 Å². The molecule has 7 nitrogen and oxygen atoms in total. The number of fused-ring (bicyclic) bond motifs is 3. The van der Waals surface area contributed by atoms with E-state index in [0.717, 1.165) is 11.4 Å². The Morgan fingerprint density at radius 2 is 2.00 bits per heavy atom. The summed E-state index contributed by atoms with van der Waals surface area (Å²) in [6.07, 6.45) is 1.84. The molecule has 0 aliphatic rings. The Hall–Kier alpha value is -2.80. The van der Waals surface area contributed by atoms with Gasteiger partial charge in [0.05, 0.1) is 5.69 Å². The number of hydrogen-bond donors (Lipinski definition) is 0. The van der Waals surface area contributed by atoms with Crippen molar-refractivity contribution in [2.24, 2.45) is 7.05 Å². The minimum atomic E-state index is -0.369. The standard InChI is InChI=1S/C17H16ClN5O2/c1-4-21-15(24)13-14(20(3)17(21)25)19-16-22(13)9-10(2)23(16)12-7-5-6-11(18)8-12/h5-9H,4H2,1-3H3. The summed E-state index contributed by atoms with van der Waals surface area (Å²) in [5.74, 6) is 0.565. The molecule has 0 amide bonds. The van der Waals surface area contributed by atoms with Crippen molar-refractivity contribution in [2.75, 3.05) is 0 Å². The molecule has 0 aliphatic heterocycles. The highest BCUT2D eigenvalue weighted by atomic mass is 35.5. The molecule has 3 aromatic heterocycles. The van der Waals surface area contributed by atoms with Crippen molar-refractivity contribution in [3.05, 3.63) is 62.0 Å². The molecule has 0 fully saturated rings. The maximum atomic E-state index is 12.8. The molecule has 4 rings (SSSR count). The smallest absolute Gasteiger partial charge is 0.283 e. The predicted octanol–water partition coefficient (Wildman–Crippen LogP) is 2.12. The van der Waals surface area contributed by atoms with Crippen LogP contribution in [0.4, 0.5) is 0 Å². The van der Waals surface area contributed by atoms with E-state index in [4.69, 9.17) is 11.6 Å². The average Bonchev–Trinajstić information content (AvgIpc) is 3.08. The summed E-state index contributed by atoms with van der Waals surface area (Å²) in [5, 5.41) is 0.612. The van der Waals surface area contributed by atoms with Gasteiger partial charge in [0, 0.05) is 30.5 Å². The summed E-state index contributed by atoms with van der Waals surface area (Å²) < 4.78 is 6.26. The Bertz CT molecular complexity index is 1260. The average molecular weight is 358 g/mol. The zero-order chi connectivity index (χ0) is 17.9. The van der Waals surface area contributed by atoms with Gasteiger partial charge in [-0.05, 0) is 32.0 Å². The summed E-state index contributed by atoms with van der Waals surface area (Å²) in [7, 11) is 1.62. The van der Waals surface area contributed by atoms with Gasteiger partial charge >= 0.3 is 5.69 Å². The Morgan fingerprint density at radius 3 is 2.68 bits per heavy atom. The van der Waals surface area contributed by atoms with Crippen LogP contribution in [-0.4, -0.2) is 23.1 Å². The van der Waals surface area contributed by atoms with E-state index in [0.29, 0.717) is 28.5 Å². The van der Waals surface area contributed by atoms with Crippen LogP contribution in [0.25, 0.3) is 22.6 Å². The first-order chi connectivity index (χ1) is 11.9. The molecule has 0 aliphatic carbocycles. The molecule has 0 spiro atoms. The van der Waals surface area contributed by atoms with E-state index in [9.17, 15) is 9.59 Å². The summed E-state index contributed by atoms with van der Waals surface area (Å²) >= 11 is 6.12. The maximum Gasteiger partial charge on any atom is 0.332 e. The van der Waals surface area contributed by atoms with Crippen molar-refractivity contribution in [3.63, 3.8) is 0 Å². The van der Waals surface area contributed by atoms with E-state index in [1.165, 1.54) is 9.13 Å². The van der Waals surface area contributed by atoms with Crippen LogP contribution >= 0.6 is 11.6 Å². The number of rotatable bonds is 2. The second-order valence-electron chi connectivity index (χ2n) is 5.93. The summed E-state index contributed by atoms with van der Waals surface area (Å²) in [4.78, 5) is 29.7. The predicted molar refractivity (Wildman–Crippen MR) is 96.9 cm³/mol. The molecule has 0 atom stereocenters. The second-order valence-corrected chi connectivity index (χ2v) is 6.37. The number of hydrogen-bond acceptors (Lipinski definition) is 3. The fourth-order valence-corrected chi connectivity index (χ4v) is 3.41. The molecule has 3 heterocycles. The molecule has 128 valence electrons. The molecule has 25 heavy (non-hydrogen) atoms. The highest BCUT2D eigenvalue weighted by Crippen LogP contribution is 2.22. The fraction of sp³-hybridized carbons (Fsp3) is 0.235. The first-order valence-corrected chi connectivity index (χ1v) is 8.27. The van der Waals surface area contributed by atoms with Crippen LogP contribution in [0.3, 0.4) is 0 Å². The van der Waals surface area contributed by atoms with E-state index in [1.807, 2.05) is 35.9 Å². The Balaban J connectivity index is 2.19. The molecule has 0 N–H and O–H groups in total. The normalized spacial score (nSPS) is 11.7. The Kier molecular flexibility index (Phi) is 3.36. The highest BCUT2D eigenvalue weighted by molar-refractivity contribution is 6.30. The lowest BCUT2D eigenvalue weighted by atomic mass is 10.3. The van der Waals surface area contributed by atoms with Gasteiger partial charge in [-0.1, -0.05) is 17.7 Å². The number of benzene rings is 1. The fourth-order valence-electron chi connectivity index (χ4n) is 3.22. The van der Waals surface area contributed by atoms with Gasteiger partial charge < -0.3 is 0 Å². The van der Waals surface area contributed by atoms with Gasteiger partial charge in [0.15, 0.2) is 11.2 Å². The molecular formula is C17H16ClN5O2. The van der Waals surface area contributed by atoms with Crippen molar-refractivity contribution >= 4 is 28.5 Å². The number of imidazole rings is 2. The molecule has 0 unspecified atom stereocenters. The summed E-state index contributed by atoms with van der Waals surface area (Å²) in [5.41, 5.74) is 1.80. The SMILES string of the molecule is CCn1c(=O)c2c(nc3n(-c4cccc(Cl)c4)c(C)cn23)n(C)c1=O. The Labute approximate surface area is 147 Å². The number of nitrogens with zero attached hydrogens (tertiary/aromatic N) is 5. The molecule has 4 aromatic rings. The molecule has 1 aromatic carbocycles. The van der Waals surface area contributed by atoms with Gasteiger partial charge in [-0.2, -0.15) is 4.98 Å². The zero-order valence-electron chi connectivity index (χ0n) is 14.0. The number of halogens is 1. The third kappa shape index (κ3) is 2.09. The van der Waals surface area contributed by atoms with Gasteiger partial charge in [-0.25, -0.2) is 4.79 Å². The van der Waals surface area contributed by atoms with E-state index in [-0.39, 0.29) is 11.2 Å². The van der Waals surface area contributed by atoms with Gasteiger partial charge in [-0.15, -0.1) is 0 Å². The van der Waals surface area contributed by atoms with Crippen molar-refractivity contribution in [2.45, 2.75) is 20.4 Å². The lowest BCUT2D eigenvalue weighted by Gasteiger charge is -2.06. The minimum absolute atomic E-state index is 0.308. The van der Waals surface area contributed by atoms with Crippen molar-refractivity contribution < 1.29 is 0 Å². The van der Waals surface area contributed by atoms with E-state index >= 15 is 0 Å². The lowest BCUT2D eigenvalue weighted by Crippen LogP contribution is -2.38. The second kappa shape index (κ2) is 5.35. The molecule has 0 saturated heterocycles. The summed E-state index contributed by atoms with van der Waals surface area (Å²) in [6, 6.07) is 7.40. The van der Waals surface area contributed by atoms with E-state index in [1.54, 1.807) is 24.4 Å². The van der Waals surface area contributed by atoms with Crippen molar-refractivity contribution in [1.82, 2.24) is 23.1 Å². The summed E-state index contributed by atoms with van der Waals surface area (Å²) in [6.45, 7) is 4.01. The molecule has 0 radical (unpaired) electrons. The zero-order valence-corrected chi connectivity index (χ0v) is 14.8. The van der Waals surface area contributed by atoms with Gasteiger partial charge in [0.2, 0.25) is 5.78 Å². The topological polar surface area (TPSA) is 66.2 Å². The van der Waals surface area contributed by atoms with Gasteiger partial charge in [0.1, 0.15) is 0 Å². The van der Waals surface area contributed by atoms with Crippen LogP contribution in [0, 0.1) is 6.92 Å². The highest BCUT2D eigenvalue weighted by Gasteiger charge is 2.20. The Morgan fingerprint density at radius 1 is 1.24 bits per heavy atom. The first kappa shape index (κ1) is 15.7. The van der Waals surface area contributed by atoms with Crippen LogP contribution in [-0.2, 0) is 13.6 Å². The third-order valence-electron chi connectivity index (χ3n) is 4.41. The van der Waals surface area contributed by atoms with Gasteiger partial charge in [-0.3, -0.25) is 22.9 Å². The first-order valence-electron chi connectivity index (χ1n) is 7.90. The molecule has 8 heteroatoms. The van der Waals surface area contributed by atoms with Crippen LogP contribution in [0.1, 0.15) is 12.6 Å². The van der Waals surface area contributed by atoms with E-state index in [2.05, 4.69) is 4.98 Å². The van der Waals surface area contributed by atoms with Gasteiger partial charge in [0.25, 0.3) is 5.56 Å².